The molecule has 0 spiro atoms. The van der Waals surface area contributed by atoms with E-state index < -0.39 is 0 Å². The summed E-state index contributed by atoms with van der Waals surface area (Å²) < 4.78 is 0. The highest BCUT2D eigenvalue weighted by Crippen LogP contribution is 2.64. The van der Waals surface area contributed by atoms with Crippen molar-refractivity contribution in [1.29, 1.82) is 0 Å². The van der Waals surface area contributed by atoms with Crippen molar-refractivity contribution in [3.8, 4) is 0 Å². The number of rotatable bonds is 2. The molecule has 0 amide bonds. The predicted octanol–water partition coefficient (Wildman–Crippen LogP) is 3.37. The molecule has 0 N–H and O–H groups in total. The lowest BCUT2D eigenvalue weighted by Crippen LogP contribution is -2.49. The molecule has 19 heavy (non-hydrogen) atoms. The van der Waals surface area contributed by atoms with Crippen LogP contribution in [-0.2, 0) is 0 Å². The van der Waals surface area contributed by atoms with Gasteiger partial charge in [-0.05, 0) is 71.4 Å². The summed E-state index contributed by atoms with van der Waals surface area (Å²) in [6.07, 6.45) is 5.73. The van der Waals surface area contributed by atoms with Crippen molar-refractivity contribution in [3.63, 3.8) is 0 Å². The molecule has 2 heteroatoms. The highest BCUT2D eigenvalue weighted by Gasteiger charge is 2.67. The lowest BCUT2D eigenvalue weighted by atomic mass is 9.86. The van der Waals surface area contributed by atoms with Gasteiger partial charge in [0.1, 0.15) is 0 Å². The summed E-state index contributed by atoms with van der Waals surface area (Å²) in [4.78, 5) is 5.57. The number of hydrogen-bond donors (Lipinski definition) is 0. The smallest absolute Gasteiger partial charge is 0.0167 e. The SMILES string of the molecule is C[C@@H]1[C@H](CN2CCCCC2)[C@@]2(C)C[C@H]2N1C(C)(C)C. The first-order valence-corrected chi connectivity index (χ1v) is 8.35. The maximum atomic E-state index is 2.82. The summed E-state index contributed by atoms with van der Waals surface area (Å²) in [6, 6.07) is 1.61. The van der Waals surface area contributed by atoms with Crippen LogP contribution in [0.1, 0.15) is 60.3 Å². The normalized spacial score (nSPS) is 44.4. The third kappa shape index (κ3) is 2.25. The minimum atomic E-state index is 0.332. The summed E-state index contributed by atoms with van der Waals surface area (Å²) >= 11 is 0. The second-order valence-corrected chi connectivity index (χ2v) is 8.51. The molecule has 0 bridgehead atoms. The third-order valence-electron chi connectivity index (χ3n) is 6.12. The largest absolute Gasteiger partial charge is 0.303 e. The molecule has 2 aliphatic heterocycles. The maximum Gasteiger partial charge on any atom is 0.0167 e. The summed E-state index contributed by atoms with van der Waals surface area (Å²) in [5, 5.41) is 0. The Morgan fingerprint density at radius 1 is 1.11 bits per heavy atom. The van der Waals surface area contributed by atoms with Gasteiger partial charge in [-0.25, -0.2) is 0 Å². The first-order valence-electron chi connectivity index (χ1n) is 8.35. The zero-order valence-electron chi connectivity index (χ0n) is 13.6. The fourth-order valence-electron chi connectivity index (χ4n) is 5.06. The quantitative estimate of drug-likeness (QED) is 0.754. The Morgan fingerprint density at radius 3 is 2.26 bits per heavy atom. The highest BCUT2D eigenvalue weighted by molar-refractivity contribution is 5.20. The van der Waals surface area contributed by atoms with Gasteiger partial charge in [0.05, 0.1) is 0 Å². The van der Waals surface area contributed by atoms with E-state index in [2.05, 4.69) is 44.4 Å². The number of piperidine rings is 2. The van der Waals surface area contributed by atoms with E-state index in [0.717, 1.165) is 18.0 Å². The van der Waals surface area contributed by atoms with Crippen LogP contribution in [0, 0.1) is 11.3 Å². The van der Waals surface area contributed by atoms with Crippen LogP contribution in [-0.4, -0.2) is 47.1 Å². The molecule has 0 aromatic carbocycles. The van der Waals surface area contributed by atoms with Gasteiger partial charge in [-0.15, -0.1) is 0 Å². The maximum absolute atomic E-state index is 2.82. The molecule has 3 aliphatic rings. The first kappa shape index (κ1) is 13.9. The van der Waals surface area contributed by atoms with E-state index in [1.165, 1.54) is 45.3 Å². The molecule has 0 unspecified atom stereocenters. The number of fused-ring (bicyclic) bond motifs is 1. The molecule has 0 aromatic rings. The van der Waals surface area contributed by atoms with E-state index >= 15 is 0 Å². The highest BCUT2D eigenvalue weighted by atomic mass is 15.3. The van der Waals surface area contributed by atoms with Crippen molar-refractivity contribution >= 4 is 0 Å². The summed E-state index contributed by atoms with van der Waals surface area (Å²) in [5.74, 6) is 0.884. The fourth-order valence-corrected chi connectivity index (χ4v) is 5.06. The van der Waals surface area contributed by atoms with Gasteiger partial charge in [-0.2, -0.15) is 0 Å². The van der Waals surface area contributed by atoms with Gasteiger partial charge in [0, 0.05) is 24.2 Å². The van der Waals surface area contributed by atoms with Crippen LogP contribution < -0.4 is 0 Å². The van der Waals surface area contributed by atoms with Gasteiger partial charge in [0.15, 0.2) is 0 Å². The molecule has 2 heterocycles. The van der Waals surface area contributed by atoms with E-state index in [9.17, 15) is 0 Å². The van der Waals surface area contributed by atoms with Gasteiger partial charge in [-0.1, -0.05) is 13.3 Å². The van der Waals surface area contributed by atoms with Gasteiger partial charge in [-0.3, -0.25) is 4.90 Å². The minimum absolute atomic E-state index is 0.332. The van der Waals surface area contributed by atoms with E-state index in [1.807, 2.05) is 0 Å². The van der Waals surface area contributed by atoms with Crippen molar-refractivity contribution in [3.05, 3.63) is 0 Å². The topological polar surface area (TPSA) is 6.48 Å². The Morgan fingerprint density at radius 2 is 1.74 bits per heavy atom. The van der Waals surface area contributed by atoms with Gasteiger partial charge < -0.3 is 4.90 Å². The minimum Gasteiger partial charge on any atom is -0.303 e. The van der Waals surface area contributed by atoms with Crippen LogP contribution in [0.5, 0.6) is 0 Å². The van der Waals surface area contributed by atoms with Crippen molar-refractivity contribution < 1.29 is 0 Å². The molecule has 3 fully saturated rings. The lowest BCUT2D eigenvalue weighted by molar-refractivity contribution is 0.0713. The number of nitrogens with zero attached hydrogens (tertiary/aromatic N) is 2. The van der Waals surface area contributed by atoms with Crippen molar-refractivity contribution in [2.75, 3.05) is 19.6 Å². The van der Waals surface area contributed by atoms with Crippen LogP contribution >= 0.6 is 0 Å². The average molecular weight is 264 g/mol. The molecule has 1 aliphatic carbocycles. The van der Waals surface area contributed by atoms with Crippen LogP contribution in [0.15, 0.2) is 0 Å². The Hall–Kier alpha value is -0.0800. The fraction of sp³-hybridized carbons (Fsp3) is 1.00. The molecule has 2 saturated heterocycles. The molecule has 0 aromatic heterocycles. The van der Waals surface area contributed by atoms with Gasteiger partial charge >= 0.3 is 0 Å². The van der Waals surface area contributed by atoms with Crippen LogP contribution in [0.3, 0.4) is 0 Å². The molecule has 1 saturated carbocycles. The van der Waals surface area contributed by atoms with E-state index in [0.29, 0.717) is 11.0 Å². The zero-order valence-corrected chi connectivity index (χ0v) is 13.6. The zero-order chi connectivity index (χ0) is 13.8. The average Bonchev–Trinajstić information content (AvgIpc) is 2.92. The van der Waals surface area contributed by atoms with Gasteiger partial charge in [0.2, 0.25) is 0 Å². The summed E-state index contributed by atoms with van der Waals surface area (Å²) in [7, 11) is 0. The Bertz CT molecular complexity index is 340. The van der Waals surface area contributed by atoms with E-state index in [-0.39, 0.29) is 0 Å². The molecule has 2 nitrogen and oxygen atoms in total. The molecular weight excluding hydrogens is 232 g/mol. The second kappa shape index (κ2) is 4.46. The molecule has 110 valence electrons. The lowest BCUT2D eigenvalue weighted by Gasteiger charge is -2.41. The van der Waals surface area contributed by atoms with Gasteiger partial charge in [0.25, 0.3) is 0 Å². The van der Waals surface area contributed by atoms with Crippen LogP contribution in [0.2, 0.25) is 0 Å². The Balaban J connectivity index is 1.71. The Labute approximate surface area is 119 Å². The molecule has 4 atom stereocenters. The standard InChI is InChI=1S/C17H32N2/c1-13-14(12-18-9-7-6-8-10-18)17(5)11-15(17)19(13)16(2,3)4/h13-15H,6-12H2,1-5H3/t13-,14+,15-,17-/m1/s1. The Kier molecular flexibility index (Phi) is 3.26. The van der Waals surface area contributed by atoms with E-state index in [4.69, 9.17) is 0 Å². The first-order chi connectivity index (χ1) is 8.84. The van der Waals surface area contributed by atoms with Crippen molar-refractivity contribution in [2.45, 2.75) is 77.9 Å². The second-order valence-electron chi connectivity index (χ2n) is 8.51. The molecule has 3 rings (SSSR count). The van der Waals surface area contributed by atoms with Crippen molar-refractivity contribution in [2.24, 2.45) is 11.3 Å². The summed E-state index contributed by atoms with van der Waals surface area (Å²) in [6.45, 7) is 16.3. The predicted molar refractivity (Wildman–Crippen MR) is 81.3 cm³/mol. The third-order valence-corrected chi connectivity index (χ3v) is 6.12. The molecule has 0 radical (unpaired) electrons. The number of likely N-dealkylation sites (tertiary alicyclic amines) is 2. The monoisotopic (exact) mass is 264 g/mol. The summed E-state index contributed by atoms with van der Waals surface area (Å²) in [5.41, 5.74) is 0.947. The van der Waals surface area contributed by atoms with Crippen molar-refractivity contribution in [1.82, 2.24) is 9.80 Å². The number of hydrogen-bond acceptors (Lipinski definition) is 2. The molecular formula is C17H32N2. The van der Waals surface area contributed by atoms with E-state index in [1.54, 1.807) is 0 Å². The van der Waals surface area contributed by atoms with Crippen LogP contribution in [0.4, 0.5) is 0 Å². The van der Waals surface area contributed by atoms with Crippen LogP contribution in [0.25, 0.3) is 0 Å².